The van der Waals surface area contributed by atoms with E-state index in [0.29, 0.717) is 24.4 Å². The first-order valence-corrected chi connectivity index (χ1v) is 10.0. The van der Waals surface area contributed by atoms with Gasteiger partial charge in [-0.05, 0) is 76.5 Å². The molecule has 1 N–H and O–H groups in total. The number of carbonyl (C=O) groups excluding carboxylic acids is 1. The Morgan fingerprint density at radius 2 is 1.85 bits per heavy atom. The number of nitrogens with zero attached hydrogens (tertiary/aromatic N) is 1. The molecule has 2 aliphatic carbocycles. The molecule has 3 fully saturated rings. The maximum absolute atomic E-state index is 12.5. The normalized spacial score (nSPS) is 30.6. The lowest BCUT2D eigenvalue weighted by Crippen LogP contribution is -2.63. The summed E-state index contributed by atoms with van der Waals surface area (Å²) in [5.41, 5.74) is 2.22. The van der Waals surface area contributed by atoms with Gasteiger partial charge in [-0.2, -0.15) is 0 Å². The van der Waals surface area contributed by atoms with Gasteiger partial charge in [-0.3, -0.25) is 4.79 Å². The Kier molecular flexibility index (Phi) is 4.30. The third kappa shape index (κ3) is 3.24. The predicted molar refractivity (Wildman–Crippen MR) is 101 cm³/mol. The highest BCUT2D eigenvalue weighted by molar-refractivity contribution is 5.81. The molecule has 1 saturated heterocycles. The molecule has 1 aromatic rings. The summed E-state index contributed by atoms with van der Waals surface area (Å²) in [6.07, 6.45) is 6.00. The van der Waals surface area contributed by atoms with Crippen molar-refractivity contribution >= 4 is 5.91 Å². The van der Waals surface area contributed by atoms with Crippen LogP contribution in [0.4, 0.5) is 0 Å². The Hall–Kier alpha value is -1.55. The minimum absolute atomic E-state index is 0.0475. The number of rotatable bonds is 3. The van der Waals surface area contributed by atoms with Crippen molar-refractivity contribution in [3.05, 3.63) is 29.3 Å². The molecule has 4 nitrogen and oxygen atoms in total. The van der Waals surface area contributed by atoms with Crippen LogP contribution in [0, 0.1) is 25.2 Å². The van der Waals surface area contributed by atoms with E-state index in [1.54, 1.807) is 0 Å². The molecular weight excluding hydrogens is 326 g/mol. The fourth-order valence-electron chi connectivity index (χ4n) is 5.02. The van der Waals surface area contributed by atoms with Crippen LogP contribution < -0.4 is 4.74 Å². The Balaban J connectivity index is 1.26. The number of aryl methyl sites for hydroxylation is 1. The second kappa shape index (κ2) is 6.26. The molecule has 0 radical (unpaired) electrons. The van der Waals surface area contributed by atoms with Crippen LogP contribution in [-0.4, -0.2) is 40.7 Å². The van der Waals surface area contributed by atoms with Crippen LogP contribution in [0.2, 0.25) is 0 Å². The Morgan fingerprint density at radius 1 is 1.19 bits per heavy atom. The van der Waals surface area contributed by atoms with Crippen molar-refractivity contribution in [3.63, 3.8) is 0 Å². The summed E-state index contributed by atoms with van der Waals surface area (Å²) in [5, 5.41) is 9.85. The summed E-state index contributed by atoms with van der Waals surface area (Å²) in [6, 6.07) is 6.26. The first kappa shape index (κ1) is 17.8. The van der Waals surface area contributed by atoms with E-state index < -0.39 is 5.60 Å². The third-order valence-electron chi connectivity index (χ3n) is 6.93. The number of likely N-dealkylation sites (tertiary alicyclic amines) is 1. The van der Waals surface area contributed by atoms with E-state index in [0.717, 1.165) is 44.5 Å². The summed E-state index contributed by atoms with van der Waals surface area (Å²) in [7, 11) is 0. The van der Waals surface area contributed by atoms with Gasteiger partial charge in [0.2, 0.25) is 5.91 Å². The maximum atomic E-state index is 12.5. The zero-order valence-corrected chi connectivity index (χ0v) is 16.3. The van der Waals surface area contributed by atoms with Gasteiger partial charge in [-0.15, -0.1) is 0 Å². The summed E-state index contributed by atoms with van der Waals surface area (Å²) in [6.45, 7) is 7.88. The SMILES string of the molecule is Cc1cccc(OC2CCC3(CC2)CN(C(=O)C2CC(C)(O)C2)C3)c1C. The maximum Gasteiger partial charge on any atom is 0.225 e. The average Bonchev–Trinajstić information content (AvgIpc) is 2.55. The van der Waals surface area contributed by atoms with Crippen LogP contribution in [0.5, 0.6) is 5.75 Å². The number of benzene rings is 1. The van der Waals surface area contributed by atoms with Gasteiger partial charge in [0.15, 0.2) is 0 Å². The number of hydrogen-bond donors (Lipinski definition) is 1. The van der Waals surface area contributed by atoms with Crippen molar-refractivity contribution in [1.29, 1.82) is 0 Å². The number of amides is 1. The number of carbonyl (C=O) groups is 1. The first-order valence-electron chi connectivity index (χ1n) is 10.0. The van der Waals surface area contributed by atoms with Gasteiger partial charge in [-0.25, -0.2) is 0 Å². The van der Waals surface area contributed by atoms with Crippen molar-refractivity contribution < 1.29 is 14.6 Å². The molecule has 2 saturated carbocycles. The fraction of sp³-hybridized carbons (Fsp3) is 0.682. The Morgan fingerprint density at radius 3 is 2.46 bits per heavy atom. The van der Waals surface area contributed by atoms with Crippen LogP contribution in [0.3, 0.4) is 0 Å². The number of hydrogen-bond acceptors (Lipinski definition) is 3. The highest BCUT2D eigenvalue weighted by atomic mass is 16.5. The molecule has 4 rings (SSSR count). The van der Waals surface area contributed by atoms with Crippen LogP contribution in [0.25, 0.3) is 0 Å². The van der Waals surface area contributed by atoms with Crippen molar-refractivity contribution in [2.45, 2.75) is 71.0 Å². The van der Waals surface area contributed by atoms with E-state index in [1.807, 2.05) is 11.8 Å². The Bertz CT molecular complexity index is 687. The molecule has 0 bridgehead atoms. The largest absolute Gasteiger partial charge is 0.490 e. The quantitative estimate of drug-likeness (QED) is 0.899. The van der Waals surface area contributed by atoms with E-state index in [1.165, 1.54) is 11.1 Å². The predicted octanol–water partition coefficient (Wildman–Crippen LogP) is 3.61. The highest BCUT2D eigenvalue weighted by Gasteiger charge is 2.51. The van der Waals surface area contributed by atoms with Crippen LogP contribution in [0.15, 0.2) is 18.2 Å². The Labute approximate surface area is 156 Å². The lowest BCUT2D eigenvalue weighted by molar-refractivity contribution is -0.164. The summed E-state index contributed by atoms with van der Waals surface area (Å²) in [5.74, 6) is 1.33. The summed E-state index contributed by atoms with van der Waals surface area (Å²) >= 11 is 0. The smallest absolute Gasteiger partial charge is 0.225 e. The molecule has 1 aliphatic heterocycles. The highest BCUT2D eigenvalue weighted by Crippen LogP contribution is 2.47. The van der Waals surface area contributed by atoms with Crippen molar-refractivity contribution in [2.24, 2.45) is 11.3 Å². The molecule has 4 heteroatoms. The minimum Gasteiger partial charge on any atom is -0.490 e. The monoisotopic (exact) mass is 357 g/mol. The number of ether oxygens (including phenoxy) is 1. The van der Waals surface area contributed by atoms with Crippen LogP contribution in [0.1, 0.15) is 56.6 Å². The topological polar surface area (TPSA) is 49.8 Å². The molecule has 3 aliphatic rings. The molecule has 0 unspecified atom stereocenters. The molecule has 1 heterocycles. The van der Waals surface area contributed by atoms with Crippen molar-refractivity contribution in [2.75, 3.05) is 13.1 Å². The van der Waals surface area contributed by atoms with Gasteiger partial charge >= 0.3 is 0 Å². The standard InChI is InChI=1S/C22H31NO3/c1-15-5-4-6-19(16(15)2)26-18-7-9-22(10-8-18)13-23(14-22)20(24)17-11-21(3,25)12-17/h4-6,17-18,25H,7-14H2,1-3H3. The third-order valence-corrected chi connectivity index (χ3v) is 6.93. The van der Waals surface area contributed by atoms with Gasteiger partial charge in [0.1, 0.15) is 5.75 Å². The van der Waals surface area contributed by atoms with E-state index in [-0.39, 0.29) is 11.8 Å². The van der Waals surface area contributed by atoms with Gasteiger partial charge in [-0.1, -0.05) is 12.1 Å². The number of aliphatic hydroxyl groups is 1. The van der Waals surface area contributed by atoms with Crippen molar-refractivity contribution in [3.8, 4) is 5.75 Å². The van der Waals surface area contributed by atoms with E-state index in [4.69, 9.17) is 4.74 Å². The van der Waals surface area contributed by atoms with E-state index in [9.17, 15) is 9.90 Å². The second-order valence-electron chi connectivity index (χ2n) is 9.31. The zero-order valence-electron chi connectivity index (χ0n) is 16.3. The van der Waals surface area contributed by atoms with Gasteiger partial charge in [0, 0.05) is 24.4 Å². The minimum atomic E-state index is -0.619. The van der Waals surface area contributed by atoms with E-state index >= 15 is 0 Å². The summed E-state index contributed by atoms with van der Waals surface area (Å²) < 4.78 is 6.28. The molecule has 1 aromatic carbocycles. The fourth-order valence-corrected chi connectivity index (χ4v) is 5.02. The van der Waals surface area contributed by atoms with Crippen LogP contribution >= 0.6 is 0 Å². The lowest BCUT2D eigenvalue weighted by atomic mass is 9.66. The van der Waals surface area contributed by atoms with Crippen LogP contribution in [-0.2, 0) is 4.79 Å². The zero-order chi connectivity index (χ0) is 18.5. The lowest BCUT2D eigenvalue weighted by Gasteiger charge is -2.55. The first-order chi connectivity index (χ1) is 12.3. The molecular formula is C22H31NO3. The van der Waals surface area contributed by atoms with Gasteiger partial charge in [0.05, 0.1) is 11.7 Å². The van der Waals surface area contributed by atoms with Gasteiger partial charge in [0.25, 0.3) is 0 Å². The molecule has 1 amide bonds. The second-order valence-corrected chi connectivity index (χ2v) is 9.31. The molecule has 142 valence electrons. The summed E-state index contributed by atoms with van der Waals surface area (Å²) in [4.78, 5) is 14.5. The van der Waals surface area contributed by atoms with E-state index in [2.05, 4.69) is 32.0 Å². The molecule has 26 heavy (non-hydrogen) atoms. The average molecular weight is 357 g/mol. The molecule has 0 atom stereocenters. The van der Waals surface area contributed by atoms with Crippen molar-refractivity contribution in [1.82, 2.24) is 4.90 Å². The van der Waals surface area contributed by atoms with Gasteiger partial charge < -0.3 is 14.7 Å². The molecule has 0 aromatic heterocycles. The molecule has 1 spiro atoms.